The fraction of sp³-hybridized carbons (Fsp3) is 0.421. The summed E-state index contributed by atoms with van der Waals surface area (Å²) >= 11 is 1.43. The van der Waals surface area contributed by atoms with E-state index < -0.39 is 5.60 Å². The van der Waals surface area contributed by atoms with Gasteiger partial charge in [-0.2, -0.15) is 0 Å². The number of carbonyl (C=O) groups excluding carboxylic acids is 1. The highest BCUT2D eigenvalue weighted by Crippen LogP contribution is 2.35. The van der Waals surface area contributed by atoms with Crippen LogP contribution in [-0.4, -0.2) is 30.8 Å². The maximum absolute atomic E-state index is 12.4. The van der Waals surface area contributed by atoms with Gasteiger partial charge >= 0.3 is 0 Å². The summed E-state index contributed by atoms with van der Waals surface area (Å²) in [5.74, 6) is -0.0615. The zero-order chi connectivity index (χ0) is 17.0. The minimum Gasteiger partial charge on any atom is -0.383 e. The van der Waals surface area contributed by atoms with Crippen molar-refractivity contribution in [1.82, 2.24) is 5.32 Å². The van der Waals surface area contributed by atoms with Gasteiger partial charge in [-0.25, -0.2) is 0 Å². The quantitative estimate of drug-likeness (QED) is 0.875. The van der Waals surface area contributed by atoms with Crippen LogP contribution >= 0.6 is 11.3 Å². The van der Waals surface area contributed by atoms with Gasteiger partial charge in [-0.15, -0.1) is 11.3 Å². The standard InChI is InChI=1S/C19H23NO3S/c1-14-11-17(24-12-14)18(21)20-13-19(22,15-5-3-2-4-6-15)16-7-9-23-10-8-16/h2-6,11-12,16,22H,7-10,13H2,1H3,(H,20,21). The molecule has 1 aromatic heterocycles. The summed E-state index contributed by atoms with van der Waals surface area (Å²) in [5, 5.41) is 16.3. The van der Waals surface area contributed by atoms with Gasteiger partial charge < -0.3 is 15.2 Å². The third-order valence-corrected chi connectivity index (χ3v) is 5.69. The van der Waals surface area contributed by atoms with Crippen LogP contribution in [0.15, 0.2) is 41.8 Å². The Labute approximate surface area is 146 Å². The second-order valence-corrected chi connectivity index (χ2v) is 7.26. The Morgan fingerprint density at radius 2 is 2.04 bits per heavy atom. The molecule has 24 heavy (non-hydrogen) atoms. The Kier molecular flexibility index (Phi) is 5.33. The summed E-state index contributed by atoms with van der Waals surface area (Å²) in [6.45, 7) is 3.48. The zero-order valence-electron chi connectivity index (χ0n) is 13.8. The normalized spacial score (nSPS) is 18.1. The summed E-state index contributed by atoms with van der Waals surface area (Å²) in [6.07, 6.45) is 1.58. The van der Waals surface area contributed by atoms with Gasteiger partial charge in [-0.3, -0.25) is 4.79 Å². The molecule has 0 saturated carbocycles. The first kappa shape index (κ1) is 17.1. The van der Waals surface area contributed by atoms with Crippen LogP contribution in [0.3, 0.4) is 0 Å². The maximum Gasteiger partial charge on any atom is 0.261 e. The van der Waals surface area contributed by atoms with Crippen molar-refractivity contribution in [2.24, 2.45) is 5.92 Å². The Hall–Kier alpha value is -1.69. The lowest BCUT2D eigenvalue weighted by Gasteiger charge is -2.39. The minimum atomic E-state index is -1.08. The molecule has 0 spiro atoms. The molecule has 1 unspecified atom stereocenters. The average molecular weight is 345 g/mol. The SMILES string of the molecule is Cc1csc(C(=O)NCC(O)(c2ccccc2)C2CCOCC2)c1. The zero-order valence-corrected chi connectivity index (χ0v) is 14.6. The summed E-state index contributed by atoms with van der Waals surface area (Å²) < 4.78 is 5.43. The van der Waals surface area contributed by atoms with Gasteiger partial charge in [0.2, 0.25) is 0 Å². The van der Waals surface area contributed by atoms with E-state index in [0.29, 0.717) is 18.1 Å². The van der Waals surface area contributed by atoms with E-state index in [1.165, 1.54) is 11.3 Å². The molecule has 2 heterocycles. The number of aliphatic hydroxyl groups is 1. The van der Waals surface area contributed by atoms with Crippen molar-refractivity contribution in [3.63, 3.8) is 0 Å². The third-order valence-electron chi connectivity index (χ3n) is 4.64. The molecule has 4 nitrogen and oxygen atoms in total. The number of benzene rings is 1. The molecule has 0 aliphatic carbocycles. The van der Waals surface area contributed by atoms with Crippen LogP contribution < -0.4 is 5.32 Å². The van der Waals surface area contributed by atoms with Crippen LogP contribution in [0.4, 0.5) is 0 Å². The Bertz CT molecular complexity index is 679. The molecule has 2 aromatic rings. The van der Waals surface area contributed by atoms with Crippen LogP contribution in [0.2, 0.25) is 0 Å². The Morgan fingerprint density at radius 1 is 1.33 bits per heavy atom. The molecule has 5 heteroatoms. The second-order valence-electron chi connectivity index (χ2n) is 6.35. The number of ether oxygens (including phenoxy) is 1. The number of rotatable bonds is 5. The summed E-state index contributed by atoms with van der Waals surface area (Å²) in [7, 11) is 0. The minimum absolute atomic E-state index is 0.0685. The Balaban J connectivity index is 1.78. The molecule has 3 rings (SSSR count). The maximum atomic E-state index is 12.4. The number of thiophene rings is 1. The van der Waals surface area contributed by atoms with Crippen molar-refractivity contribution in [2.75, 3.05) is 19.8 Å². The second kappa shape index (κ2) is 7.47. The highest BCUT2D eigenvalue weighted by Gasteiger charge is 2.39. The van der Waals surface area contributed by atoms with Crippen LogP contribution in [-0.2, 0) is 10.3 Å². The Morgan fingerprint density at radius 3 is 2.67 bits per heavy atom. The molecule has 1 fully saturated rings. The fourth-order valence-corrected chi connectivity index (χ4v) is 4.05. The molecular formula is C19H23NO3S. The lowest BCUT2D eigenvalue weighted by Crippen LogP contribution is -2.47. The topological polar surface area (TPSA) is 58.6 Å². The molecule has 1 aliphatic heterocycles. The summed E-state index contributed by atoms with van der Waals surface area (Å²) in [6, 6.07) is 11.5. The molecule has 128 valence electrons. The van der Waals surface area contributed by atoms with Crippen LogP contribution in [0.25, 0.3) is 0 Å². The number of nitrogens with one attached hydrogen (secondary N) is 1. The summed E-state index contributed by atoms with van der Waals surface area (Å²) in [4.78, 5) is 13.1. The largest absolute Gasteiger partial charge is 0.383 e. The van der Waals surface area contributed by atoms with Gasteiger partial charge in [0.25, 0.3) is 5.91 Å². The first-order chi connectivity index (χ1) is 11.6. The van der Waals surface area contributed by atoms with Crippen molar-refractivity contribution in [1.29, 1.82) is 0 Å². The van der Waals surface area contributed by atoms with Gasteiger partial charge in [0.15, 0.2) is 0 Å². The molecule has 1 aromatic carbocycles. The number of carbonyl (C=O) groups is 1. The fourth-order valence-electron chi connectivity index (χ4n) is 3.24. The highest BCUT2D eigenvalue weighted by atomic mass is 32.1. The van der Waals surface area contributed by atoms with Crippen molar-refractivity contribution >= 4 is 17.2 Å². The predicted molar refractivity (Wildman–Crippen MR) is 95.3 cm³/mol. The van der Waals surface area contributed by atoms with E-state index in [9.17, 15) is 9.90 Å². The predicted octanol–water partition coefficient (Wildman–Crippen LogP) is 3.10. The van der Waals surface area contributed by atoms with E-state index in [-0.39, 0.29) is 18.4 Å². The van der Waals surface area contributed by atoms with E-state index in [4.69, 9.17) is 4.74 Å². The van der Waals surface area contributed by atoms with Gasteiger partial charge in [0, 0.05) is 13.2 Å². The number of amides is 1. The molecule has 1 aliphatic rings. The first-order valence-electron chi connectivity index (χ1n) is 8.28. The molecule has 1 saturated heterocycles. The molecule has 1 amide bonds. The van der Waals surface area contributed by atoms with Gasteiger partial charge in [-0.05, 0) is 48.3 Å². The van der Waals surface area contributed by atoms with Gasteiger partial charge in [0.1, 0.15) is 5.60 Å². The monoisotopic (exact) mass is 345 g/mol. The number of hydrogen-bond acceptors (Lipinski definition) is 4. The number of hydrogen-bond donors (Lipinski definition) is 2. The average Bonchev–Trinajstić information content (AvgIpc) is 3.07. The molecule has 2 N–H and O–H groups in total. The molecule has 0 bridgehead atoms. The highest BCUT2D eigenvalue weighted by molar-refractivity contribution is 7.12. The lowest BCUT2D eigenvalue weighted by molar-refractivity contribution is -0.0680. The van der Waals surface area contributed by atoms with Gasteiger partial charge in [0.05, 0.1) is 11.4 Å². The molecular weight excluding hydrogens is 322 g/mol. The number of aryl methyl sites for hydroxylation is 1. The van der Waals surface area contributed by atoms with Crippen LogP contribution in [0.5, 0.6) is 0 Å². The summed E-state index contributed by atoms with van der Waals surface area (Å²) in [5.41, 5.74) is 0.847. The van der Waals surface area contributed by atoms with Gasteiger partial charge in [-0.1, -0.05) is 30.3 Å². The van der Waals surface area contributed by atoms with Crippen molar-refractivity contribution in [3.8, 4) is 0 Å². The van der Waals surface area contributed by atoms with Crippen LogP contribution in [0, 0.1) is 12.8 Å². The van der Waals surface area contributed by atoms with Crippen LogP contribution in [0.1, 0.15) is 33.6 Å². The van der Waals surface area contributed by atoms with E-state index in [2.05, 4.69) is 5.32 Å². The van der Waals surface area contributed by atoms with Crippen molar-refractivity contribution < 1.29 is 14.6 Å². The smallest absolute Gasteiger partial charge is 0.261 e. The van der Waals surface area contributed by atoms with Crippen molar-refractivity contribution in [3.05, 3.63) is 57.8 Å². The van der Waals surface area contributed by atoms with E-state index in [1.54, 1.807) is 0 Å². The molecule has 1 atom stereocenters. The first-order valence-corrected chi connectivity index (χ1v) is 9.16. The van der Waals surface area contributed by atoms with Crippen molar-refractivity contribution in [2.45, 2.75) is 25.4 Å². The van der Waals surface area contributed by atoms with E-state index >= 15 is 0 Å². The third kappa shape index (κ3) is 3.69. The van der Waals surface area contributed by atoms with E-state index in [0.717, 1.165) is 24.0 Å². The lowest BCUT2D eigenvalue weighted by atomic mass is 9.77. The van der Waals surface area contributed by atoms with E-state index in [1.807, 2.05) is 48.7 Å². The molecule has 0 radical (unpaired) electrons.